The van der Waals surface area contributed by atoms with E-state index in [0.717, 1.165) is 55.7 Å². The maximum atomic E-state index is 14.2. The molecule has 1 atom stereocenters. The summed E-state index contributed by atoms with van der Waals surface area (Å²) >= 11 is 0. The van der Waals surface area contributed by atoms with Crippen molar-refractivity contribution in [2.24, 2.45) is 0 Å². The van der Waals surface area contributed by atoms with Gasteiger partial charge in [0, 0.05) is 37.3 Å². The Morgan fingerprint density at radius 3 is 2.40 bits per heavy atom. The number of fused-ring (bicyclic) bond motifs is 5. The van der Waals surface area contributed by atoms with Crippen LogP contribution in [0.25, 0.3) is 44.5 Å². The minimum Gasteiger partial charge on any atom is -0.448 e. The van der Waals surface area contributed by atoms with Gasteiger partial charge in [0.2, 0.25) is 5.91 Å². The Kier molecular flexibility index (Phi) is 8.67. The molecule has 1 fully saturated rings. The third kappa shape index (κ3) is 6.19. The molecule has 13 heteroatoms. The number of oxazole rings is 1. The molecule has 288 valence electrons. The zero-order chi connectivity index (χ0) is 39.6. The first-order valence-electron chi connectivity index (χ1n) is 19.1. The van der Waals surface area contributed by atoms with Gasteiger partial charge in [0.1, 0.15) is 35.5 Å². The van der Waals surface area contributed by atoms with E-state index < -0.39 is 11.6 Å². The van der Waals surface area contributed by atoms with Crippen LogP contribution < -0.4 is 11.1 Å². The molecule has 2 aliphatic rings. The number of nitrogens with two attached hydrogens (primary N) is 1. The van der Waals surface area contributed by atoms with Crippen molar-refractivity contribution in [1.82, 2.24) is 34.5 Å². The van der Waals surface area contributed by atoms with E-state index >= 15 is 0 Å². The Hall–Kier alpha value is -6.76. The Labute approximate surface area is 329 Å². The van der Waals surface area contributed by atoms with Crippen LogP contribution in [0.5, 0.6) is 0 Å². The largest absolute Gasteiger partial charge is 0.448 e. The quantitative estimate of drug-likeness (QED) is 0.155. The second kappa shape index (κ2) is 13.8. The molecule has 0 radical (unpaired) electrons. The molecule has 7 aromatic rings. The van der Waals surface area contributed by atoms with Gasteiger partial charge in [-0.3, -0.25) is 9.69 Å². The molecule has 9 rings (SSSR count). The average molecular weight is 762 g/mol. The lowest BCUT2D eigenvalue weighted by molar-refractivity contribution is -0.140. The molecule has 57 heavy (non-hydrogen) atoms. The summed E-state index contributed by atoms with van der Waals surface area (Å²) in [5.41, 5.74) is 16.4. The number of hydrogen-bond donors (Lipinski definition) is 2. The van der Waals surface area contributed by atoms with E-state index in [1.165, 1.54) is 11.2 Å². The number of hydrogen-bond acceptors (Lipinski definition) is 10. The summed E-state index contributed by atoms with van der Waals surface area (Å²) in [4.78, 5) is 44.4. The number of nitrogens with one attached hydrogen (secondary N) is 1. The van der Waals surface area contributed by atoms with Crippen molar-refractivity contribution in [3.05, 3.63) is 114 Å². The van der Waals surface area contributed by atoms with E-state index in [1.807, 2.05) is 73.1 Å². The summed E-state index contributed by atoms with van der Waals surface area (Å²) in [6.07, 6.45) is 1.52. The molecule has 3 N–H and O–H groups in total. The second-order valence-electron chi connectivity index (χ2n) is 15.5. The van der Waals surface area contributed by atoms with E-state index in [-0.39, 0.29) is 24.5 Å². The van der Waals surface area contributed by atoms with Gasteiger partial charge in [0.05, 0.1) is 11.4 Å². The Morgan fingerprint density at radius 1 is 0.982 bits per heavy atom. The first kappa shape index (κ1) is 35.9. The minimum atomic E-state index is -1.17. The number of nitrogen functional groups attached to an aromatic ring is 1. The Balaban J connectivity index is 0.893. The van der Waals surface area contributed by atoms with Gasteiger partial charge in [-0.25, -0.2) is 19.4 Å². The highest BCUT2D eigenvalue weighted by molar-refractivity contribution is 5.98. The zero-order valence-electron chi connectivity index (χ0n) is 32.5. The molecule has 2 amide bonds. The molecule has 13 nitrogen and oxygen atoms in total. The highest BCUT2D eigenvalue weighted by atomic mass is 16.6. The van der Waals surface area contributed by atoms with Crippen molar-refractivity contribution in [3.8, 4) is 22.4 Å². The minimum absolute atomic E-state index is 0.0806. The Morgan fingerprint density at radius 2 is 1.68 bits per heavy atom. The first-order valence-corrected chi connectivity index (χ1v) is 19.1. The van der Waals surface area contributed by atoms with E-state index in [0.29, 0.717) is 48.1 Å². The predicted molar refractivity (Wildman–Crippen MR) is 219 cm³/mol. The van der Waals surface area contributed by atoms with Gasteiger partial charge in [-0.1, -0.05) is 66.7 Å². The number of aryl methyl sites for hydroxylation is 2. The maximum Gasteiger partial charge on any atom is 0.410 e. The number of ether oxygens (including phenoxy) is 1. The lowest BCUT2D eigenvalue weighted by Gasteiger charge is -2.36. The number of likely N-dealkylation sites (tertiary alicyclic amines) is 1. The first-order chi connectivity index (χ1) is 27.5. The van der Waals surface area contributed by atoms with E-state index in [9.17, 15) is 9.59 Å². The van der Waals surface area contributed by atoms with Gasteiger partial charge < -0.3 is 25.1 Å². The highest BCUT2D eigenvalue weighted by Gasteiger charge is 2.42. The number of anilines is 3. The number of benzene rings is 4. The van der Waals surface area contributed by atoms with E-state index in [1.54, 1.807) is 25.8 Å². The van der Waals surface area contributed by atoms with Crippen molar-refractivity contribution in [2.45, 2.75) is 51.6 Å². The number of carbonyl (C=O) groups is 2. The van der Waals surface area contributed by atoms with E-state index in [2.05, 4.69) is 50.6 Å². The van der Waals surface area contributed by atoms with Gasteiger partial charge in [0.15, 0.2) is 11.2 Å². The lowest BCUT2D eigenvalue weighted by atomic mass is 9.98. The van der Waals surface area contributed by atoms with Crippen LogP contribution in [-0.4, -0.2) is 78.8 Å². The molecule has 0 saturated carbocycles. The van der Waals surface area contributed by atoms with Crippen LogP contribution in [0.15, 0.2) is 95.7 Å². The zero-order valence-corrected chi connectivity index (χ0v) is 32.5. The monoisotopic (exact) mass is 761 g/mol. The number of rotatable bonds is 8. The van der Waals surface area contributed by atoms with Gasteiger partial charge in [-0.2, -0.15) is 10.1 Å². The number of nitrogens with zero attached hydrogens (tertiary/aromatic N) is 7. The summed E-state index contributed by atoms with van der Waals surface area (Å²) in [7, 11) is 1.62. The number of carbonyl (C=O) groups excluding carboxylic acids is 2. The molecule has 1 aliphatic heterocycles. The van der Waals surface area contributed by atoms with Crippen LogP contribution in [0.1, 0.15) is 54.5 Å². The standard InChI is InChI=1S/C44H43N9O4/c1-25-20-26(2)38-35(21-25)49-42(57-38)48-28-16-14-27(15-17-28)37-36-39(45)46-24-47-40(36)53(50-37)29-18-19-52(22-29)41(54)44(3,4)51(5)43(55)56-23-34-32-12-8-6-10-30(32)31-11-7-9-13-33(31)34/h6-17,20-21,24,29,34H,18-19,22-23H2,1-5H3,(H,48,49)(H2,45,46,47). The summed E-state index contributed by atoms with van der Waals surface area (Å²) in [6, 6.07) is 28.5. The maximum absolute atomic E-state index is 14.2. The molecular formula is C44H43N9O4. The Bertz CT molecular complexity index is 2660. The molecule has 0 bridgehead atoms. The lowest BCUT2D eigenvalue weighted by Crippen LogP contribution is -2.56. The molecular weight excluding hydrogens is 719 g/mol. The van der Waals surface area contributed by atoms with Gasteiger partial charge in [-0.15, -0.1) is 0 Å². The van der Waals surface area contributed by atoms with Crippen LogP contribution in [-0.2, 0) is 9.53 Å². The fourth-order valence-electron chi connectivity index (χ4n) is 8.29. The molecule has 0 spiro atoms. The van der Waals surface area contributed by atoms with Crippen molar-refractivity contribution >= 4 is 51.7 Å². The van der Waals surface area contributed by atoms with Crippen molar-refractivity contribution < 1.29 is 18.7 Å². The molecule has 4 aromatic carbocycles. The van der Waals surface area contributed by atoms with Gasteiger partial charge >= 0.3 is 6.09 Å². The number of aromatic nitrogens is 5. The summed E-state index contributed by atoms with van der Waals surface area (Å²) < 4.78 is 13.8. The van der Waals surface area contributed by atoms with Gasteiger partial charge in [-0.05, 0) is 85.7 Å². The van der Waals surface area contributed by atoms with Crippen molar-refractivity contribution in [1.29, 1.82) is 0 Å². The van der Waals surface area contributed by atoms with Crippen molar-refractivity contribution in [3.63, 3.8) is 0 Å². The summed E-state index contributed by atoms with van der Waals surface area (Å²) in [6.45, 7) is 8.59. The predicted octanol–water partition coefficient (Wildman–Crippen LogP) is 8.01. The van der Waals surface area contributed by atoms with E-state index in [4.69, 9.17) is 20.0 Å². The highest BCUT2D eigenvalue weighted by Crippen LogP contribution is 2.45. The molecule has 1 unspecified atom stereocenters. The van der Waals surface area contributed by atoms with Crippen molar-refractivity contribution in [2.75, 3.05) is 37.8 Å². The molecule has 1 saturated heterocycles. The normalized spacial score (nSPS) is 15.2. The molecule has 3 aromatic heterocycles. The third-order valence-electron chi connectivity index (χ3n) is 11.5. The fraction of sp³-hybridized carbons (Fsp3) is 0.273. The third-order valence-corrected chi connectivity index (χ3v) is 11.5. The van der Waals surface area contributed by atoms with Crippen LogP contribution >= 0.6 is 0 Å². The van der Waals surface area contributed by atoms with Crippen LogP contribution in [0.2, 0.25) is 0 Å². The average Bonchev–Trinajstić information content (AvgIpc) is 4.01. The molecule has 4 heterocycles. The van der Waals surface area contributed by atoms with Crippen LogP contribution in [0, 0.1) is 13.8 Å². The fourth-order valence-corrected chi connectivity index (χ4v) is 8.29. The summed E-state index contributed by atoms with van der Waals surface area (Å²) in [5, 5.41) is 8.94. The molecule has 1 aliphatic carbocycles. The van der Waals surface area contributed by atoms with Crippen LogP contribution in [0.3, 0.4) is 0 Å². The van der Waals surface area contributed by atoms with Gasteiger partial charge in [0.25, 0.3) is 6.01 Å². The summed E-state index contributed by atoms with van der Waals surface area (Å²) in [5.74, 6) is 0.0550. The number of likely N-dealkylation sites (N-methyl/N-ethyl adjacent to an activating group) is 1. The number of amides is 2. The topological polar surface area (TPSA) is 158 Å². The smallest absolute Gasteiger partial charge is 0.410 e. The van der Waals surface area contributed by atoms with Crippen LogP contribution in [0.4, 0.5) is 22.3 Å². The second-order valence-corrected chi connectivity index (χ2v) is 15.5. The SMILES string of the molecule is Cc1cc(C)c2oc(Nc3ccc(-c4nn(C5CCN(C(=O)C(C)(C)N(C)C(=O)OCC6c7ccccc7-c7ccccc76)C5)c5ncnc(N)c45)cc3)nc2c1.